The van der Waals surface area contributed by atoms with Crippen LogP contribution >= 0.6 is 0 Å². The second-order valence-corrected chi connectivity index (χ2v) is 4.86. The van der Waals surface area contributed by atoms with Gasteiger partial charge < -0.3 is 19.7 Å². The van der Waals surface area contributed by atoms with Crippen molar-refractivity contribution in [2.75, 3.05) is 7.11 Å². The van der Waals surface area contributed by atoms with E-state index in [-0.39, 0.29) is 17.3 Å². The number of hydrogen-bond donors (Lipinski definition) is 2. The Morgan fingerprint density at radius 1 is 1.33 bits per heavy atom. The molecule has 1 aromatic carbocycles. The minimum Gasteiger partial charge on any atom is -0.508 e. The SMILES string of the molecule is COc1cc(O)ccc1C1=COC2=CC(O)=CCC2C1=O. The number of aliphatic hydroxyl groups excluding tert-OH is 1. The standard InChI is InChI=1S/C16H14O5/c1-20-14-6-9(17)2-4-11(14)13-8-21-15-7-10(18)3-5-12(15)16(13)19/h2-4,6-8,12,17-18H,5H2,1H3. The number of hydrogen-bond acceptors (Lipinski definition) is 5. The first-order valence-electron chi connectivity index (χ1n) is 6.49. The van der Waals surface area contributed by atoms with Gasteiger partial charge in [0.05, 0.1) is 18.6 Å². The smallest absolute Gasteiger partial charge is 0.177 e. The molecule has 1 aliphatic heterocycles. The number of carbonyl (C=O) groups excluding carboxylic acids is 1. The van der Waals surface area contributed by atoms with Crippen molar-refractivity contribution in [2.45, 2.75) is 6.42 Å². The lowest BCUT2D eigenvalue weighted by molar-refractivity contribution is -0.117. The van der Waals surface area contributed by atoms with Crippen molar-refractivity contribution in [1.29, 1.82) is 0 Å². The zero-order valence-corrected chi connectivity index (χ0v) is 11.4. The lowest BCUT2D eigenvalue weighted by Gasteiger charge is -2.26. The van der Waals surface area contributed by atoms with Gasteiger partial charge in [-0.3, -0.25) is 4.79 Å². The summed E-state index contributed by atoms with van der Waals surface area (Å²) in [6.45, 7) is 0. The molecule has 2 N–H and O–H groups in total. The average Bonchev–Trinajstić information content (AvgIpc) is 2.48. The number of allylic oxidation sites excluding steroid dienone is 4. The van der Waals surface area contributed by atoms with E-state index in [0.717, 1.165) is 0 Å². The molecular formula is C16H14O5. The summed E-state index contributed by atoms with van der Waals surface area (Å²) in [5.74, 6) is 0.487. The normalized spacial score (nSPS) is 20.7. The van der Waals surface area contributed by atoms with E-state index in [4.69, 9.17) is 9.47 Å². The van der Waals surface area contributed by atoms with Crippen LogP contribution < -0.4 is 4.74 Å². The first kappa shape index (κ1) is 13.3. The maximum absolute atomic E-state index is 12.6. The molecule has 1 aliphatic carbocycles. The molecule has 0 aromatic heterocycles. The molecule has 0 bridgehead atoms. The van der Waals surface area contributed by atoms with Crippen molar-refractivity contribution in [2.24, 2.45) is 5.92 Å². The summed E-state index contributed by atoms with van der Waals surface area (Å²) in [4.78, 5) is 12.6. The third-order valence-corrected chi connectivity index (χ3v) is 3.57. The molecule has 5 nitrogen and oxygen atoms in total. The number of aliphatic hydroxyl groups is 1. The van der Waals surface area contributed by atoms with E-state index >= 15 is 0 Å². The van der Waals surface area contributed by atoms with Gasteiger partial charge in [-0.15, -0.1) is 0 Å². The van der Waals surface area contributed by atoms with Crippen LogP contribution in [-0.2, 0) is 9.53 Å². The van der Waals surface area contributed by atoms with Gasteiger partial charge in [-0.25, -0.2) is 0 Å². The molecule has 108 valence electrons. The second kappa shape index (κ2) is 5.01. The Kier molecular flexibility index (Phi) is 3.17. The van der Waals surface area contributed by atoms with Crippen LogP contribution in [0.2, 0.25) is 0 Å². The topological polar surface area (TPSA) is 76.0 Å². The van der Waals surface area contributed by atoms with Gasteiger partial charge in [0.25, 0.3) is 0 Å². The fourth-order valence-corrected chi connectivity index (χ4v) is 2.48. The molecule has 2 aliphatic rings. The van der Waals surface area contributed by atoms with Crippen molar-refractivity contribution in [3.8, 4) is 11.5 Å². The number of carbonyl (C=O) groups is 1. The van der Waals surface area contributed by atoms with Crippen LogP contribution in [0.1, 0.15) is 12.0 Å². The van der Waals surface area contributed by atoms with E-state index in [2.05, 4.69) is 0 Å². The van der Waals surface area contributed by atoms with Gasteiger partial charge in [-0.1, -0.05) is 0 Å². The Morgan fingerprint density at radius 3 is 2.90 bits per heavy atom. The molecule has 3 rings (SSSR count). The van der Waals surface area contributed by atoms with E-state index in [1.54, 1.807) is 12.1 Å². The van der Waals surface area contributed by atoms with Crippen molar-refractivity contribution in [3.63, 3.8) is 0 Å². The van der Waals surface area contributed by atoms with E-state index in [1.165, 1.54) is 31.6 Å². The zero-order chi connectivity index (χ0) is 15.0. The van der Waals surface area contributed by atoms with Crippen LogP contribution in [0.15, 0.2) is 48.1 Å². The van der Waals surface area contributed by atoms with Gasteiger partial charge in [0.1, 0.15) is 29.3 Å². The van der Waals surface area contributed by atoms with Gasteiger partial charge in [0, 0.05) is 17.7 Å². The number of ether oxygens (including phenoxy) is 2. The van der Waals surface area contributed by atoms with Crippen molar-refractivity contribution in [3.05, 3.63) is 53.7 Å². The Morgan fingerprint density at radius 2 is 2.14 bits per heavy atom. The summed E-state index contributed by atoms with van der Waals surface area (Å²) in [6, 6.07) is 4.55. The predicted molar refractivity (Wildman–Crippen MR) is 75.6 cm³/mol. The number of rotatable bonds is 2. The Bertz CT molecular complexity index is 697. The number of aromatic hydroxyl groups is 1. The monoisotopic (exact) mass is 286 g/mol. The van der Waals surface area contributed by atoms with Gasteiger partial charge in [0.2, 0.25) is 0 Å². The summed E-state index contributed by atoms with van der Waals surface area (Å²) in [5, 5.41) is 18.9. The van der Waals surface area contributed by atoms with Crippen LogP contribution in [0.25, 0.3) is 5.57 Å². The summed E-state index contributed by atoms with van der Waals surface area (Å²) in [5.41, 5.74) is 0.960. The molecule has 1 aromatic rings. The largest absolute Gasteiger partial charge is 0.508 e. The number of methoxy groups -OCH3 is 1. The fourth-order valence-electron chi connectivity index (χ4n) is 2.48. The maximum Gasteiger partial charge on any atom is 0.177 e. The van der Waals surface area contributed by atoms with Crippen LogP contribution in [0.4, 0.5) is 0 Å². The third-order valence-electron chi connectivity index (χ3n) is 3.57. The van der Waals surface area contributed by atoms with Crippen LogP contribution in [0.3, 0.4) is 0 Å². The first-order valence-corrected chi connectivity index (χ1v) is 6.49. The molecular weight excluding hydrogens is 272 g/mol. The minimum absolute atomic E-state index is 0.0616. The van der Waals surface area contributed by atoms with E-state index in [1.807, 2.05) is 0 Å². The molecule has 0 fully saturated rings. The molecule has 1 atom stereocenters. The molecule has 0 radical (unpaired) electrons. The first-order chi connectivity index (χ1) is 10.1. The summed E-state index contributed by atoms with van der Waals surface area (Å²) < 4.78 is 10.7. The highest BCUT2D eigenvalue weighted by Crippen LogP contribution is 2.38. The highest BCUT2D eigenvalue weighted by Gasteiger charge is 2.34. The molecule has 0 saturated heterocycles. The number of fused-ring (bicyclic) bond motifs is 1. The summed E-state index contributed by atoms with van der Waals surface area (Å²) in [7, 11) is 1.47. The molecule has 5 heteroatoms. The fraction of sp³-hybridized carbons (Fsp3) is 0.188. The zero-order valence-electron chi connectivity index (χ0n) is 11.4. The van der Waals surface area contributed by atoms with Crippen molar-refractivity contribution < 1.29 is 24.5 Å². The maximum atomic E-state index is 12.6. The van der Waals surface area contributed by atoms with E-state index < -0.39 is 5.92 Å². The van der Waals surface area contributed by atoms with Crippen molar-refractivity contribution >= 4 is 11.4 Å². The number of phenols is 1. The van der Waals surface area contributed by atoms with E-state index in [0.29, 0.717) is 29.1 Å². The third kappa shape index (κ3) is 2.27. The molecule has 1 unspecified atom stereocenters. The summed E-state index contributed by atoms with van der Waals surface area (Å²) in [6.07, 6.45) is 4.80. The quantitative estimate of drug-likeness (QED) is 0.874. The van der Waals surface area contributed by atoms with Crippen molar-refractivity contribution in [1.82, 2.24) is 0 Å². The van der Waals surface area contributed by atoms with Gasteiger partial charge >= 0.3 is 0 Å². The minimum atomic E-state index is -0.431. The van der Waals surface area contributed by atoms with Gasteiger partial charge in [0.15, 0.2) is 5.78 Å². The van der Waals surface area contributed by atoms with Gasteiger partial charge in [-0.2, -0.15) is 0 Å². The van der Waals surface area contributed by atoms with E-state index in [9.17, 15) is 15.0 Å². The molecule has 1 heterocycles. The number of Topliss-reactive ketones (excluding diaryl/α,β-unsaturated/α-hetero) is 1. The molecule has 0 spiro atoms. The Balaban J connectivity index is 2.02. The molecule has 21 heavy (non-hydrogen) atoms. The van der Waals surface area contributed by atoms with Crippen LogP contribution in [-0.4, -0.2) is 23.1 Å². The number of benzene rings is 1. The number of phenolic OH excluding ortho intramolecular Hbond substituents is 1. The predicted octanol–water partition coefficient (Wildman–Crippen LogP) is 2.69. The van der Waals surface area contributed by atoms with Gasteiger partial charge in [-0.05, 0) is 24.6 Å². The second-order valence-electron chi connectivity index (χ2n) is 4.86. The number of ketones is 1. The van der Waals surface area contributed by atoms with Crippen LogP contribution in [0.5, 0.6) is 11.5 Å². The lowest BCUT2D eigenvalue weighted by Crippen LogP contribution is -2.24. The summed E-state index contributed by atoms with van der Waals surface area (Å²) >= 11 is 0. The average molecular weight is 286 g/mol. The molecule has 0 amide bonds. The van der Waals surface area contributed by atoms with Crippen LogP contribution in [0, 0.1) is 5.92 Å². The highest BCUT2D eigenvalue weighted by molar-refractivity contribution is 6.23. The highest BCUT2D eigenvalue weighted by atomic mass is 16.5. The lowest BCUT2D eigenvalue weighted by atomic mass is 9.85. The Labute approximate surface area is 121 Å². The Hall–Kier alpha value is -2.69. The molecule has 0 saturated carbocycles.